The molecule has 2 nitrogen and oxygen atoms in total. The number of benzene rings is 2. The third kappa shape index (κ3) is 2.14. The van der Waals surface area contributed by atoms with Crippen LogP contribution < -0.4 is 5.32 Å². The highest BCUT2D eigenvalue weighted by molar-refractivity contribution is 5.93. The first-order chi connectivity index (χ1) is 8.83. The number of carbonyl (C=O) groups is 1. The van der Waals surface area contributed by atoms with Crippen LogP contribution in [0.1, 0.15) is 23.5 Å². The van der Waals surface area contributed by atoms with Crippen LogP contribution >= 0.6 is 0 Å². The third-order valence-corrected chi connectivity index (χ3v) is 3.46. The van der Waals surface area contributed by atoms with Gasteiger partial charge in [0.1, 0.15) is 0 Å². The van der Waals surface area contributed by atoms with Gasteiger partial charge in [-0.25, -0.2) is 0 Å². The Morgan fingerprint density at radius 3 is 2.44 bits per heavy atom. The minimum atomic E-state index is 0.105. The molecule has 2 heteroatoms. The monoisotopic (exact) mass is 237 g/mol. The van der Waals surface area contributed by atoms with Crippen LogP contribution in [0.3, 0.4) is 0 Å². The highest BCUT2D eigenvalue weighted by atomic mass is 16.1. The summed E-state index contributed by atoms with van der Waals surface area (Å²) in [4.78, 5) is 11.9. The fraction of sp³-hybridized carbons (Fsp3) is 0.188. The maximum absolute atomic E-state index is 11.9. The molecular weight excluding hydrogens is 222 g/mol. The van der Waals surface area contributed by atoms with Crippen LogP contribution in [0.25, 0.3) is 0 Å². The lowest BCUT2D eigenvalue weighted by molar-refractivity contribution is -0.116. The Bertz CT molecular complexity index is 562. The van der Waals surface area contributed by atoms with Crippen molar-refractivity contribution in [3.05, 3.63) is 65.7 Å². The van der Waals surface area contributed by atoms with Crippen molar-refractivity contribution in [3.63, 3.8) is 0 Å². The van der Waals surface area contributed by atoms with E-state index in [1.54, 1.807) is 0 Å². The molecule has 3 rings (SSSR count). The van der Waals surface area contributed by atoms with E-state index in [4.69, 9.17) is 0 Å². The van der Waals surface area contributed by atoms with E-state index in [0.717, 1.165) is 12.1 Å². The van der Waals surface area contributed by atoms with Gasteiger partial charge in [-0.15, -0.1) is 0 Å². The summed E-state index contributed by atoms with van der Waals surface area (Å²) in [5, 5.41) is 2.98. The Labute approximate surface area is 107 Å². The van der Waals surface area contributed by atoms with E-state index >= 15 is 0 Å². The summed E-state index contributed by atoms with van der Waals surface area (Å²) in [6.07, 6.45) is 1.47. The fourth-order valence-corrected chi connectivity index (χ4v) is 2.54. The number of hydrogen-bond donors (Lipinski definition) is 1. The van der Waals surface area contributed by atoms with Gasteiger partial charge in [0.25, 0.3) is 0 Å². The second-order valence-corrected chi connectivity index (χ2v) is 4.72. The predicted octanol–water partition coefficient (Wildman–Crippen LogP) is 3.36. The smallest absolute Gasteiger partial charge is 0.225 e. The molecule has 0 aromatic heterocycles. The number of para-hydroxylation sites is 1. The van der Waals surface area contributed by atoms with E-state index in [0.29, 0.717) is 6.42 Å². The van der Waals surface area contributed by atoms with Gasteiger partial charge in [-0.1, -0.05) is 48.5 Å². The topological polar surface area (TPSA) is 29.1 Å². The highest BCUT2D eigenvalue weighted by Crippen LogP contribution is 2.31. The van der Waals surface area contributed by atoms with Crippen LogP contribution in [0.5, 0.6) is 0 Å². The molecule has 0 radical (unpaired) electrons. The van der Waals surface area contributed by atoms with Crippen LogP contribution in [-0.4, -0.2) is 5.91 Å². The lowest BCUT2D eigenvalue weighted by Crippen LogP contribution is -2.12. The molecular formula is C16H15NO. The first kappa shape index (κ1) is 11.0. The van der Waals surface area contributed by atoms with Gasteiger partial charge in [-0.05, 0) is 29.5 Å². The number of anilines is 1. The molecule has 1 amide bonds. The van der Waals surface area contributed by atoms with Crippen molar-refractivity contribution in [1.29, 1.82) is 0 Å². The van der Waals surface area contributed by atoms with Crippen LogP contribution in [-0.2, 0) is 11.2 Å². The Morgan fingerprint density at radius 2 is 1.61 bits per heavy atom. The van der Waals surface area contributed by atoms with E-state index in [2.05, 4.69) is 23.5 Å². The Hall–Kier alpha value is -2.09. The zero-order chi connectivity index (χ0) is 12.4. The molecule has 18 heavy (non-hydrogen) atoms. The standard InChI is InChI=1S/C16H15NO/c18-16-11-14(12-6-2-1-3-7-12)10-13-8-4-5-9-15(13)17-16/h1-9,14H,10-11H2,(H,17,18)/t14-/m1/s1. The van der Waals surface area contributed by atoms with Crippen molar-refractivity contribution >= 4 is 11.6 Å². The number of rotatable bonds is 1. The SMILES string of the molecule is O=C1C[C@H](c2ccccc2)Cc2ccccc2N1. The molecule has 0 saturated heterocycles. The van der Waals surface area contributed by atoms with Gasteiger partial charge in [0.15, 0.2) is 0 Å². The number of fused-ring (bicyclic) bond motifs is 1. The first-order valence-corrected chi connectivity index (χ1v) is 6.25. The Kier molecular flexibility index (Phi) is 2.85. The lowest BCUT2D eigenvalue weighted by atomic mass is 9.90. The molecule has 1 N–H and O–H groups in total. The minimum Gasteiger partial charge on any atom is -0.326 e. The molecule has 1 aliphatic heterocycles. The van der Waals surface area contributed by atoms with Gasteiger partial charge in [-0.3, -0.25) is 4.79 Å². The third-order valence-electron chi connectivity index (χ3n) is 3.46. The van der Waals surface area contributed by atoms with Gasteiger partial charge in [0.05, 0.1) is 0 Å². The molecule has 1 aliphatic rings. The van der Waals surface area contributed by atoms with Crippen LogP contribution in [0, 0.1) is 0 Å². The molecule has 0 spiro atoms. The van der Waals surface area contributed by atoms with Crippen LogP contribution in [0.2, 0.25) is 0 Å². The summed E-state index contributed by atoms with van der Waals surface area (Å²) in [5.74, 6) is 0.378. The highest BCUT2D eigenvalue weighted by Gasteiger charge is 2.22. The van der Waals surface area contributed by atoms with Crippen molar-refractivity contribution < 1.29 is 4.79 Å². The Balaban J connectivity index is 1.97. The molecule has 2 aromatic carbocycles. The van der Waals surface area contributed by atoms with Gasteiger partial charge in [0.2, 0.25) is 5.91 Å². The second kappa shape index (κ2) is 4.65. The Morgan fingerprint density at radius 1 is 0.889 bits per heavy atom. The van der Waals surface area contributed by atoms with Crippen molar-refractivity contribution in [3.8, 4) is 0 Å². The average molecular weight is 237 g/mol. The number of carbonyl (C=O) groups excluding carboxylic acids is 1. The molecule has 2 aromatic rings. The lowest BCUT2D eigenvalue weighted by Gasteiger charge is -2.13. The maximum Gasteiger partial charge on any atom is 0.225 e. The van der Waals surface area contributed by atoms with Crippen molar-refractivity contribution in [1.82, 2.24) is 0 Å². The summed E-state index contributed by atoms with van der Waals surface area (Å²) >= 11 is 0. The molecule has 0 bridgehead atoms. The van der Waals surface area contributed by atoms with Gasteiger partial charge in [-0.2, -0.15) is 0 Å². The van der Waals surface area contributed by atoms with Crippen molar-refractivity contribution in [2.75, 3.05) is 5.32 Å². The molecule has 0 unspecified atom stereocenters. The average Bonchev–Trinajstić information content (AvgIpc) is 2.57. The van der Waals surface area contributed by atoms with E-state index in [9.17, 15) is 4.79 Å². The van der Waals surface area contributed by atoms with Gasteiger partial charge >= 0.3 is 0 Å². The van der Waals surface area contributed by atoms with Crippen molar-refractivity contribution in [2.45, 2.75) is 18.8 Å². The molecule has 1 atom stereocenters. The summed E-state index contributed by atoms with van der Waals surface area (Å²) < 4.78 is 0. The number of nitrogens with one attached hydrogen (secondary N) is 1. The zero-order valence-corrected chi connectivity index (χ0v) is 10.1. The van der Waals surface area contributed by atoms with Crippen molar-refractivity contribution in [2.24, 2.45) is 0 Å². The second-order valence-electron chi connectivity index (χ2n) is 4.72. The van der Waals surface area contributed by atoms with Crippen LogP contribution in [0.15, 0.2) is 54.6 Å². The van der Waals surface area contributed by atoms with Gasteiger partial charge in [0, 0.05) is 12.1 Å². The summed E-state index contributed by atoms with van der Waals surface area (Å²) in [6.45, 7) is 0. The largest absolute Gasteiger partial charge is 0.326 e. The fourth-order valence-electron chi connectivity index (χ4n) is 2.54. The molecule has 0 fully saturated rings. The quantitative estimate of drug-likeness (QED) is 0.809. The van der Waals surface area contributed by atoms with E-state index in [1.807, 2.05) is 36.4 Å². The summed E-state index contributed by atoms with van der Waals surface area (Å²) in [5.41, 5.74) is 3.42. The molecule has 1 heterocycles. The zero-order valence-electron chi connectivity index (χ0n) is 10.1. The summed E-state index contributed by atoms with van der Waals surface area (Å²) in [6, 6.07) is 18.3. The normalized spacial score (nSPS) is 18.7. The van der Waals surface area contributed by atoms with E-state index in [-0.39, 0.29) is 11.8 Å². The van der Waals surface area contributed by atoms with E-state index < -0.39 is 0 Å². The summed E-state index contributed by atoms with van der Waals surface area (Å²) in [7, 11) is 0. The number of amides is 1. The minimum absolute atomic E-state index is 0.105. The number of hydrogen-bond acceptors (Lipinski definition) is 1. The molecule has 90 valence electrons. The van der Waals surface area contributed by atoms with E-state index in [1.165, 1.54) is 11.1 Å². The van der Waals surface area contributed by atoms with Gasteiger partial charge < -0.3 is 5.32 Å². The molecule has 0 saturated carbocycles. The molecule has 0 aliphatic carbocycles. The van der Waals surface area contributed by atoms with Crippen LogP contribution in [0.4, 0.5) is 5.69 Å². The first-order valence-electron chi connectivity index (χ1n) is 6.25. The predicted molar refractivity (Wildman–Crippen MR) is 72.6 cm³/mol. The maximum atomic E-state index is 11.9.